The van der Waals surface area contributed by atoms with Gasteiger partial charge < -0.3 is 15.0 Å². The highest BCUT2D eigenvalue weighted by Gasteiger charge is 2.24. The molecule has 2 aromatic heterocycles. The van der Waals surface area contributed by atoms with Crippen LogP contribution in [0.3, 0.4) is 0 Å². The first-order valence-corrected chi connectivity index (χ1v) is 9.34. The van der Waals surface area contributed by atoms with Gasteiger partial charge in [-0.1, -0.05) is 18.2 Å². The molecule has 1 N–H and O–H groups in total. The maximum absolute atomic E-state index is 12.5. The third-order valence-electron chi connectivity index (χ3n) is 4.82. The van der Waals surface area contributed by atoms with Gasteiger partial charge in [-0.05, 0) is 24.3 Å². The average molecular weight is 377 g/mol. The number of morpholine rings is 1. The summed E-state index contributed by atoms with van der Waals surface area (Å²) in [6, 6.07) is 15.3. The molecular formula is C21H23N5O2. The maximum Gasteiger partial charge on any atom is 0.255 e. The molecule has 3 aromatic rings. The SMILES string of the molecule is Cn1c(N2CCOC(CNc3ccccc3)C2)nc(-c2ccncc2)cc1=O. The van der Waals surface area contributed by atoms with Gasteiger partial charge in [0.1, 0.15) is 0 Å². The van der Waals surface area contributed by atoms with Crippen LogP contribution in [0.1, 0.15) is 0 Å². The number of benzene rings is 1. The number of ether oxygens (including phenoxy) is 1. The van der Waals surface area contributed by atoms with E-state index in [0.717, 1.165) is 11.3 Å². The fraction of sp³-hybridized carbons (Fsp3) is 0.286. The predicted molar refractivity (Wildman–Crippen MR) is 110 cm³/mol. The van der Waals surface area contributed by atoms with E-state index in [1.54, 1.807) is 30.1 Å². The molecule has 0 aliphatic carbocycles. The number of hydrogen-bond donors (Lipinski definition) is 1. The molecule has 1 aliphatic rings. The lowest BCUT2D eigenvalue weighted by Crippen LogP contribution is -2.47. The summed E-state index contributed by atoms with van der Waals surface area (Å²) >= 11 is 0. The predicted octanol–water partition coefficient (Wildman–Crippen LogP) is 2.16. The van der Waals surface area contributed by atoms with Crippen LogP contribution >= 0.6 is 0 Å². The van der Waals surface area contributed by atoms with Crippen LogP contribution < -0.4 is 15.8 Å². The quantitative estimate of drug-likeness (QED) is 0.735. The van der Waals surface area contributed by atoms with Gasteiger partial charge in [0, 0.05) is 56.4 Å². The number of rotatable bonds is 5. The largest absolute Gasteiger partial charge is 0.382 e. The van der Waals surface area contributed by atoms with E-state index in [1.165, 1.54) is 0 Å². The fourth-order valence-corrected chi connectivity index (χ4v) is 3.29. The first kappa shape index (κ1) is 18.2. The zero-order valence-corrected chi connectivity index (χ0v) is 15.8. The van der Waals surface area contributed by atoms with Crippen molar-refractivity contribution in [3.05, 3.63) is 71.3 Å². The molecule has 3 heterocycles. The molecule has 1 saturated heterocycles. The summed E-state index contributed by atoms with van der Waals surface area (Å²) in [5.74, 6) is 0.660. The number of nitrogens with zero attached hydrogens (tertiary/aromatic N) is 4. The minimum Gasteiger partial charge on any atom is -0.382 e. The molecule has 0 saturated carbocycles. The smallest absolute Gasteiger partial charge is 0.255 e. The van der Waals surface area contributed by atoms with Crippen molar-refractivity contribution in [2.75, 3.05) is 36.5 Å². The highest BCUT2D eigenvalue weighted by atomic mass is 16.5. The number of anilines is 2. The maximum atomic E-state index is 12.5. The first-order valence-electron chi connectivity index (χ1n) is 9.34. The van der Waals surface area contributed by atoms with Gasteiger partial charge in [-0.2, -0.15) is 0 Å². The third kappa shape index (κ3) is 4.04. The highest BCUT2D eigenvalue weighted by Crippen LogP contribution is 2.20. The van der Waals surface area contributed by atoms with Crippen molar-refractivity contribution in [3.8, 4) is 11.3 Å². The highest BCUT2D eigenvalue weighted by molar-refractivity contribution is 5.59. The molecule has 1 fully saturated rings. The van der Waals surface area contributed by atoms with E-state index in [1.807, 2.05) is 42.5 Å². The molecule has 4 rings (SSSR count). The number of hydrogen-bond acceptors (Lipinski definition) is 6. The lowest BCUT2D eigenvalue weighted by atomic mass is 10.2. The summed E-state index contributed by atoms with van der Waals surface area (Å²) in [4.78, 5) is 23.4. The van der Waals surface area contributed by atoms with Crippen LogP contribution in [-0.2, 0) is 11.8 Å². The number of para-hydroxylation sites is 1. The van der Waals surface area contributed by atoms with Crippen LogP contribution in [0, 0.1) is 0 Å². The summed E-state index contributed by atoms with van der Waals surface area (Å²) in [5.41, 5.74) is 2.52. The van der Waals surface area contributed by atoms with E-state index < -0.39 is 0 Å². The average Bonchev–Trinajstić information content (AvgIpc) is 2.75. The second kappa shape index (κ2) is 8.22. The topological polar surface area (TPSA) is 72.3 Å². The monoisotopic (exact) mass is 377 g/mol. The van der Waals surface area contributed by atoms with E-state index in [9.17, 15) is 4.79 Å². The van der Waals surface area contributed by atoms with Crippen molar-refractivity contribution in [3.63, 3.8) is 0 Å². The van der Waals surface area contributed by atoms with Crippen molar-refractivity contribution < 1.29 is 4.74 Å². The Morgan fingerprint density at radius 3 is 2.75 bits per heavy atom. The molecule has 7 nitrogen and oxygen atoms in total. The third-order valence-corrected chi connectivity index (χ3v) is 4.82. The van der Waals surface area contributed by atoms with Gasteiger partial charge >= 0.3 is 0 Å². The Labute approximate surface area is 163 Å². The Kier molecular flexibility index (Phi) is 5.34. The van der Waals surface area contributed by atoms with E-state index in [-0.39, 0.29) is 11.7 Å². The molecule has 28 heavy (non-hydrogen) atoms. The Hall–Kier alpha value is -3.19. The van der Waals surface area contributed by atoms with Gasteiger partial charge in [-0.15, -0.1) is 0 Å². The fourth-order valence-electron chi connectivity index (χ4n) is 3.29. The molecule has 144 valence electrons. The molecule has 1 aromatic carbocycles. The molecular weight excluding hydrogens is 354 g/mol. The number of aromatic nitrogens is 3. The second-order valence-electron chi connectivity index (χ2n) is 6.76. The summed E-state index contributed by atoms with van der Waals surface area (Å²) in [6.45, 7) is 2.65. The van der Waals surface area contributed by atoms with Gasteiger partial charge in [0.25, 0.3) is 5.56 Å². The van der Waals surface area contributed by atoms with Crippen molar-refractivity contribution in [1.82, 2.24) is 14.5 Å². The summed E-state index contributed by atoms with van der Waals surface area (Å²) in [7, 11) is 1.76. The molecule has 0 bridgehead atoms. The normalized spacial score (nSPS) is 16.8. The molecule has 0 amide bonds. The van der Waals surface area contributed by atoms with Crippen LogP contribution in [0.5, 0.6) is 0 Å². The van der Waals surface area contributed by atoms with Crippen LogP contribution in [0.2, 0.25) is 0 Å². The Balaban J connectivity index is 1.53. The van der Waals surface area contributed by atoms with Gasteiger partial charge in [-0.3, -0.25) is 14.3 Å². The summed E-state index contributed by atoms with van der Waals surface area (Å²) < 4.78 is 7.50. The minimum atomic E-state index is -0.0812. The molecule has 1 unspecified atom stereocenters. The van der Waals surface area contributed by atoms with E-state index in [4.69, 9.17) is 9.72 Å². The molecule has 7 heteroatoms. The Morgan fingerprint density at radius 1 is 1.18 bits per heavy atom. The van der Waals surface area contributed by atoms with Gasteiger partial charge in [0.2, 0.25) is 5.95 Å². The van der Waals surface area contributed by atoms with Crippen molar-refractivity contribution in [2.24, 2.45) is 7.05 Å². The Morgan fingerprint density at radius 2 is 1.96 bits per heavy atom. The van der Waals surface area contributed by atoms with E-state index >= 15 is 0 Å². The van der Waals surface area contributed by atoms with Crippen LogP contribution in [-0.4, -0.2) is 46.9 Å². The lowest BCUT2D eigenvalue weighted by Gasteiger charge is -2.34. The van der Waals surface area contributed by atoms with Crippen LogP contribution in [0.4, 0.5) is 11.6 Å². The zero-order chi connectivity index (χ0) is 19.3. The van der Waals surface area contributed by atoms with Gasteiger partial charge in [0.05, 0.1) is 18.4 Å². The van der Waals surface area contributed by atoms with E-state index in [0.29, 0.717) is 37.9 Å². The summed E-state index contributed by atoms with van der Waals surface area (Å²) in [6.07, 6.45) is 3.41. The molecule has 1 atom stereocenters. The zero-order valence-electron chi connectivity index (χ0n) is 15.8. The van der Waals surface area contributed by atoms with E-state index in [2.05, 4.69) is 15.2 Å². The Bertz CT molecular complexity index is 975. The molecule has 0 radical (unpaired) electrons. The van der Waals surface area contributed by atoms with Gasteiger partial charge in [-0.25, -0.2) is 4.98 Å². The minimum absolute atomic E-state index is 0.00967. The van der Waals surface area contributed by atoms with Gasteiger partial charge in [0.15, 0.2) is 0 Å². The second-order valence-corrected chi connectivity index (χ2v) is 6.76. The molecule has 1 aliphatic heterocycles. The van der Waals surface area contributed by atoms with Crippen molar-refractivity contribution in [2.45, 2.75) is 6.10 Å². The van der Waals surface area contributed by atoms with Crippen molar-refractivity contribution >= 4 is 11.6 Å². The number of pyridine rings is 1. The number of nitrogens with one attached hydrogen (secondary N) is 1. The van der Waals surface area contributed by atoms with Crippen LogP contribution in [0.25, 0.3) is 11.3 Å². The lowest BCUT2D eigenvalue weighted by molar-refractivity contribution is 0.0484. The summed E-state index contributed by atoms with van der Waals surface area (Å²) in [5, 5.41) is 3.40. The van der Waals surface area contributed by atoms with Crippen molar-refractivity contribution in [1.29, 1.82) is 0 Å². The standard InChI is InChI=1S/C21H23N5O2/c1-25-20(27)13-19(16-7-9-22-10-8-16)24-21(25)26-11-12-28-18(15-26)14-23-17-5-3-2-4-6-17/h2-10,13,18,23H,11-12,14-15H2,1H3. The first-order chi connectivity index (χ1) is 13.7. The van der Waals surface area contributed by atoms with Crippen LogP contribution in [0.15, 0.2) is 65.7 Å². The molecule has 0 spiro atoms.